The van der Waals surface area contributed by atoms with Gasteiger partial charge in [-0.25, -0.2) is 0 Å². The fraction of sp³-hybridized carbons (Fsp3) is 0.857. The SMILES string of the molecule is CN1CCNCC1(C#N)CO. The normalized spacial score (nSPS) is 33.2. The van der Waals surface area contributed by atoms with E-state index in [1.807, 2.05) is 11.9 Å². The lowest BCUT2D eigenvalue weighted by Gasteiger charge is -2.38. The maximum Gasteiger partial charge on any atom is 0.144 e. The summed E-state index contributed by atoms with van der Waals surface area (Å²) >= 11 is 0. The number of piperazine rings is 1. The first-order valence-corrected chi connectivity index (χ1v) is 3.69. The number of hydrogen-bond acceptors (Lipinski definition) is 4. The van der Waals surface area contributed by atoms with Gasteiger partial charge < -0.3 is 10.4 Å². The quantitative estimate of drug-likeness (QED) is 0.498. The molecule has 1 unspecified atom stereocenters. The summed E-state index contributed by atoms with van der Waals surface area (Å²) in [6.45, 7) is 2.15. The van der Waals surface area contributed by atoms with Crippen molar-refractivity contribution in [3.8, 4) is 6.07 Å². The molecule has 11 heavy (non-hydrogen) atoms. The van der Waals surface area contributed by atoms with Gasteiger partial charge in [-0.1, -0.05) is 0 Å². The number of nitrogens with one attached hydrogen (secondary N) is 1. The van der Waals surface area contributed by atoms with E-state index < -0.39 is 5.54 Å². The van der Waals surface area contributed by atoms with Crippen molar-refractivity contribution >= 4 is 0 Å². The van der Waals surface area contributed by atoms with Gasteiger partial charge in [0.25, 0.3) is 0 Å². The van der Waals surface area contributed by atoms with Gasteiger partial charge in [-0.2, -0.15) is 5.26 Å². The number of aliphatic hydroxyl groups excluding tert-OH is 1. The van der Waals surface area contributed by atoms with Crippen LogP contribution in [0, 0.1) is 11.3 Å². The summed E-state index contributed by atoms with van der Waals surface area (Å²) < 4.78 is 0. The van der Waals surface area contributed by atoms with E-state index in [4.69, 9.17) is 10.4 Å². The summed E-state index contributed by atoms with van der Waals surface area (Å²) in [4.78, 5) is 1.89. The number of rotatable bonds is 1. The lowest BCUT2D eigenvalue weighted by atomic mass is 9.99. The Morgan fingerprint density at radius 1 is 1.82 bits per heavy atom. The second kappa shape index (κ2) is 3.18. The predicted octanol–water partition coefficient (Wildman–Crippen LogP) is -1.22. The van der Waals surface area contributed by atoms with Crippen molar-refractivity contribution in [1.82, 2.24) is 10.2 Å². The lowest BCUT2D eigenvalue weighted by Crippen LogP contribution is -2.60. The van der Waals surface area contributed by atoms with Crippen LogP contribution in [0.1, 0.15) is 0 Å². The molecule has 1 aliphatic rings. The van der Waals surface area contributed by atoms with Crippen LogP contribution in [-0.2, 0) is 0 Å². The highest BCUT2D eigenvalue weighted by atomic mass is 16.3. The average molecular weight is 155 g/mol. The summed E-state index contributed by atoms with van der Waals surface area (Å²) in [6.07, 6.45) is 0. The Hall–Kier alpha value is -0.630. The average Bonchev–Trinajstić information content (AvgIpc) is 2.06. The van der Waals surface area contributed by atoms with Crippen LogP contribution >= 0.6 is 0 Å². The standard InChI is InChI=1S/C7H13N3O/c1-10-3-2-9-5-7(10,4-8)6-11/h9,11H,2-3,5-6H2,1H3. The summed E-state index contributed by atoms with van der Waals surface area (Å²) in [6, 6.07) is 2.13. The smallest absolute Gasteiger partial charge is 0.144 e. The summed E-state index contributed by atoms with van der Waals surface area (Å²) in [7, 11) is 1.86. The molecule has 1 fully saturated rings. The first-order valence-electron chi connectivity index (χ1n) is 3.69. The van der Waals surface area contributed by atoms with Crippen LogP contribution in [0.15, 0.2) is 0 Å². The van der Waals surface area contributed by atoms with Gasteiger partial charge in [0.1, 0.15) is 5.54 Å². The Morgan fingerprint density at radius 3 is 2.91 bits per heavy atom. The van der Waals surface area contributed by atoms with Crippen LogP contribution in [0.25, 0.3) is 0 Å². The molecule has 62 valence electrons. The second-order valence-electron chi connectivity index (χ2n) is 2.90. The molecule has 0 aliphatic carbocycles. The van der Waals surface area contributed by atoms with E-state index >= 15 is 0 Å². The molecular weight excluding hydrogens is 142 g/mol. The van der Waals surface area contributed by atoms with Crippen molar-refractivity contribution in [3.05, 3.63) is 0 Å². The van der Waals surface area contributed by atoms with Crippen LogP contribution in [-0.4, -0.2) is 48.8 Å². The zero-order valence-electron chi connectivity index (χ0n) is 6.67. The molecule has 0 amide bonds. The van der Waals surface area contributed by atoms with Crippen LogP contribution in [0.4, 0.5) is 0 Å². The predicted molar refractivity (Wildman–Crippen MR) is 40.9 cm³/mol. The highest BCUT2D eigenvalue weighted by Gasteiger charge is 2.36. The van der Waals surface area contributed by atoms with E-state index in [2.05, 4.69) is 11.4 Å². The maximum absolute atomic E-state index is 9.01. The van der Waals surface area contributed by atoms with E-state index in [9.17, 15) is 0 Å². The molecule has 0 aromatic carbocycles. The minimum atomic E-state index is -0.696. The minimum Gasteiger partial charge on any atom is -0.393 e. The third-order valence-electron chi connectivity index (χ3n) is 2.24. The molecule has 1 rings (SSSR count). The zero-order valence-corrected chi connectivity index (χ0v) is 6.67. The molecule has 4 heteroatoms. The molecule has 1 saturated heterocycles. The monoisotopic (exact) mass is 155 g/mol. The van der Waals surface area contributed by atoms with Gasteiger partial charge in [-0.15, -0.1) is 0 Å². The summed E-state index contributed by atoms with van der Waals surface area (Å²) in [5, 5.41) is 20.9. The Labute approximate surface area is 66.4 Å². The van der Waals surface area contributed by atoms with E-state index in [1.165, 1.54) is 0 Å². The maximum atomic E-state index is 9.01. The first kappa shape index (κ1) is 8.47. The van der Waals surface area contributed by atoms with Crippen molar-refractivity contribution in [1.29, 1.82) is 5.26 Å². The minimum absolute atomic E-state index is 0.104. The molecular formula is C7H13N3O. The molecule has 4 nitrogen and oxygen atoms in total. The van der Waals surface area contributed by atoms with Crippen molar-refractivity contribution in [3.63, 3.8) is 0 Å². The summed E-state index contributed by atoms with van der Waals surface area (Å²) in [5.74, 6) is 0. The number of aliphatic hydroxyl groups is 1. The van der Waals surface area contributed by atoms with Gasteiger partial charge in [-0.3, -0.25) is 4.90 Å². The molecule has 2 N–H and O–H groups in total. The number of likely N-dealkylation sites (N-methyl/N-ethyl adjacent to an activating group) is 1. The van der Waals surface area contributed by atoms with E-state index in [0.717, 1.165) is 13.1 Å². The fourth-order valence-corrected chi connectivity index (χ4v) is 1.23. The number of hydrogen-bond donors (Lipinski definition) is 2. The van der Waals surface area contributed by atoms with Crippen LogP contribution in [0.3, 0.4) is 0 Å². The van der Waals surface area contributed by atoms with Crippen molar-refractivity contribution in [2.75, 3.05) is 33.3 Å². The Morgan fingerprint density at radius 2 is 2.55 bits per heavy atom. The molecule has 1 aliphatic heterocycles. The first-order chi connectivity index (χ1) is 5.25. The highest BCUT2D eigenvalue weighted by molar-refractivity contribution is 5.10. The highest BCUT2D eigenvalue weighted by Crippen LogP contribution is 2.13. The van der Waals surface area contributed by atoms with E-state index in [0.29, 0.717) is 6.54 Å². The molecule has 0 bridgehead atoms. The second-order valence-corrected chi connectivity index (χ2v) is 2.90. The van der Waals surface area contributed by atoms with Gasteiger partial charge in [0.05, 0.1) is 12.7 Å². The zero-order chi connectivity index (χ0) is 8.32. The van der Waals surface area contributed by atoms with Crippen LogP contribution in [0.2, 0.25) is 0 Å². The summed E-state index contributed by atoms with van der Waals surface area (Å²) in [5.41, 5.74) is -0.696. The number of nitriles is 1. The van der Waals surface area contributed by atoms with Gasteiger partial charge in [-0.05, 0) is 7.05 Å². The molecule has 0 saturated carbocycles. The molecule has 1 heterocycles. The molecule has 0 aromatic heterocycles. The van der Waals surface area contributed by atoms with Crippen molar-refractivity contribution in [2.24, 2.45) is 0 Å². The fourth-order valence-electron chi connectivity index (χ4n) is 1.23. The molecule has 0 spiro atoms. The third kappa shape index (κ3) is 1.36. The Balaban J connectivity index is 2.71. The largest absolute Gasteiger partial charge is 0.393 e. The van der Waals surface area contributed by atoms with Gasteiger partial charge in [0, 0.05) is 19.6 Å². The van der Waals surface area contributed by atoms with Crippen LogP contribution < -0.4 is 5.32 Å². The lowest BCUT2D eigenvalue weighted by molar-refractivity contribution is 0.0725. The Kier molecular flexibility index (Phi) is 2.45. The van der Waals surface area contributed by atoms with Gasteiger partial charge >= 0.3 is 0 Å². The molecule has 0 aromatic rings. The molecule has 0 radical (unpaired) electrons. The van der Waals surface area contributed by atoms with E-state index in [-0.39, 0.29) is 6.61 Å². The van der Waals surface area contributed by atoms with Crippen LogP contribution in [0.5, 0.6) is 0 Å². The van der Waals surface area contributed by atoms with Crippen molar-refractivity contribution < 1.29 is 5.11 Å². The van der Waals surface area contributed by atoms with E-state index in [1.54, 1.807) is 0 Å². The molecule has 1 atom stereocenters. The Bertz CT molecular complexity index is 177. The third-order valence-corrected chi connectivity index (χ3v) is 2.24. The topological polar surface area (TPSA) is 59.3 Å². The van der Waals surface area contributed by atoms with Gasteiger partial charge in [0.15, 0.2) is 0 Å². The van der Waals surface area contributed by atoms with Crippen molar-refractivity contribution in [2.45, 2.75) is 5.54 Å². The van der Waals surface area contributed by atoms with Gasteiger partial charge in [0.2, 0.25) is 0 Å². The number of nitrogens with zero attached hydrogens (tertiary/aromatic N) is 2.